The molecule has 2 rings (SSSR count). The van der Waals surface area contributed by atoms with Gasteiger partial charge in [-0.1, -0.05) is 18.2 Å². The first-order chi connectivity index (χ1) is 8.75. The van der Waals surface area contributed by atoms with E-state index in [4.69, 9.17) is 4.74 Å². The average molecular weight is 250 g/mol. The molecule has 1 aromatic carbocycles. The van der Waals surface area contributed by atoms with Gasteiger partial charge in [0.25, 0.3) is 5.91 Å². The summed E-state index contributed by atoms with van der Waals surface area (Å²) in [5.74, 6) is 0.321. The molecule has 5 nitrogen and oxygen atoms in total. The Kier molecular flexibility index (Phi) is 4.55. The van der Waals surface area contributed by atoms with Crippen molar-refractivity contribution in [3.05, 3.63) is 30.3 Å². The zero-order valence-electron chi connectivity index (χ0n) is 10.1. The molecule has 0 aromatic heterocycles. The summed E-state index contributed by atoms with van der Waals surface area (Å²) in [6.07, 6.45) is 1.05. The number of rotatable bonds is 5. The van der Waals surface area contributed by atoms with Gasteiger partial charge in [0.2, 0.25) is 0 Å². The summed E-state index contributed by atoms with van der Waals surface area (Å²) in [6, 6.07) is 9.06. The Morgan fingerprint density at radius 1 is 1.50 bits per heavy atom. The van der Waals surface area contributed by atoms with Gasteiger partial charge in [-0.2, -0.15) is 0 Å². The number of ether oxygens (including phenoxy) is 1. The molecule has 1 aliphatic heterocycles. The fraction of sp³-hybridized carbons (Fsp3) is 0.462. The molecule has 1 aliphatic rings. The van der Waals surface area contributed by atoms with Crippen molar-refractivity contribution >= 4 is 5.91 Å². The topological polar surface area (TPSA) is 70.6 Å². The molecule has 0 bridgehead atoms. The number of aliphatic hydroxyl groups excluding tert-OH is 1. The highest BCUT2D eigenvalue weighted by Gasteiger charge is 2.23. The van der Waals surface area contributed by atoms with E-state index in [1.54, 1.807) is 12.1 Å². The summed E-state index contributed by atoms with van der Waals surface area (Å²) in [7, 11) is 0. The molecule has 0 aliphatic carbocycles. The number of carbonyl (C=O) groups is 1. The Morgan fingerprint density at radius 3 is 2.94 bits per heavy atom. The summed E-state index contributed by atoms with van der Waals surface area (Å²) >= 11 is 0. The smallest absolute Gasteiger partial charge is 0.259 e. The quantitative estimate of drug-likeness (QED) is 0.655. The van der Waals surface area contributed by atoms with Crippen molar-refractivity contribution < 1.29 is 14.6 Å². The number of nitrogens with one attached hydrogen (secondary N) is 2. The van der Waals surface area contributed by atoms with E-state index in [0.29, 0.717) is 5.75 Å². The molecule has 1 aromatic rings. The lowest BCUT2D eigenvalue weighted by Gasteiger charge is -2.19. The van der Waals surface area contributed by atoms with Gasteiger partial charge in [-0.3, -0.25) is 4.79 Å². The van der Waals surface area contributed by atoms with E-state index >= 15 is 0 Å². The second kappa shape index (κ2) is 6.37. The van der Waals surface area contributed by atoms with Crippen LogP contribution < -0.4 is 15.4 Å². The Balaban J connectivity index is 1.71. The number of hydrogen-bond acceptors (Lipinski definition) is 4. The molecule has 2 atom stereocenters. The molecule has 0 saturated carbocycles. The van der Waals surface area contributed by atoms with Crippen molar-refractivity contribution in [3.63, 3.8) is 0 Å². The molecule has 98 valence electrons. The van der Waals surface area contributed by atoms with Crippen molar-refractivity contribution in [2.45, 2.75) is 25.1 Å². The molecule has 0 radical (unpaired) electrons. The van der Waals surface area contributed by atoms with Gasteiger partial charge in [-0.15, -0.1) is 0 Å². The molecular formula is C13H18N2O3. The van der Waals surface area contributed by atoms with Crippen LogP contribution in [0.25, 0.3) is 0 Å². The van der Waals surface area contributed by atoms with Gasteiger partial charge in [-0.25, -0.2) is 0 Å². The third kappa shape index (κ3) is 3.72. The Morgan fingerprint density at radius 2 is 2.28 bits per heavy atom. The van der Waals surface area contributed by atoms with Crippen LogP contribution in [-0.2, 0) is 4.79 Å². The highest BCUT2D eigenvalue weighted by atomic mass is 16.5. The van der Waals surface area contributed by atoms with E-state index in [0.717, 1.165) is 19.4 Å². The molecule has 1 heterocycles. The van der Waals surface area contributed by atoms with Gasteiger partial charge in [-0.05, 0) is 31.5 Å². The van der Waals surface area contributed by atoms with Crippen LogP contribution in [0.5, 0.6) is 5.75 Å². The predicted molar refractivity (Wildman–Crippen MR) is 67.1 cm³/mol. The standard InChI is InChI=1S/C13H18N2O3/c16-12(9-18-10-5-2-1-3-6-10)15-13(17)11-7-4-8-14-11/h1-3,5-6,11,13-14,17H,4,7-9H2,(H,15,16). The lowest BCUT2D eigenvalue weighted by molar-refractivity contribution is -0.126. The van der Waals surface area contributed by atoms with Gasteiger partial charge < -0.3 is 20.5 Å². The maximum atomic E-state index is 11.6. The number of hydrogen-bond donors (Lipinski definition) is 3. The summed E-state index contributed by atoms with van der Waals surface area (Å²) in [5.41, 5.74) is 0. The second-order valence-corrected chi connectivity index (χ2v) is 4.32. The maximum Gasteiger partial charge on any atom is 0.259 e. The predicted octanol–water partition coefficient (Wildman–Crippen LogP) is 0.252. The zero-order chi connectivity index (χ0) is 12.8. The van der Waals surface area contributed by atoms with Crippen LogP contribution in [0.3, 0.4) is 0 Å². The van der Waals surface area contributed by atoms with E-state index < -0.39 is 6.23 Å². The lowest BCUT2D eigenvalue weighted by Crippen LogP contribution is -2.48. The molecule has 1 amide bonds. The Labute approximate surface area is 106 Å². The van der Waals surface area contributed by atoms with Gasteiger partial charge in [0, 0.05) is 0 Å². The number of benzene rings is 1. The van der Waals surface area contributed by atoms with Crippen LogP contribution >= 0.6 is 0 Å². The minimum Gasteiger partial charge on any atom is -0.484 e. The SMILES string of the molecule is O=C(COc1ccccc1)NC(O)C1CCCN1. The zero-order valence-corrected chi connectivity index (χ0v) is 10.1. The van der Waals surface area contributed by atoms with Crippen LogP contribution in [0.15, 0.2) is 30.3 Å². The Bertz CT molecular complexity index is 377. The van der Waals surface area contributed by atoms with Gasteiger partial charge in [0.1, 0.15) is 12.0 Å². The average Bonchev–Trinajstić information content (AvgIpc) is 2.91. The summed E-state index contributed by atoms with van der Waals surface area (Å²) < 4.78 is 5.29. The van der Waals surface area contributed by atoms with E-state index in [-0.39, 0.29) is 18.6 Å². The minimum atomic E-state index is -0.848. The fourth-order valence-electron chi connectivity index (χ4n) is 1.95. The van der Waals surface area contributed by atoms with Gasteiger partial charge in [0.05, 0.1) is 6.04 Å². The number of carbonyl (C=O) groups excluding carboxylic acids is 1. The largest absolute Gasteiger partial charge is 0.484 e. The number of amides is 1. The van der Waals surface area contributed by atoms with E-state index in [9.17, 15) is 9.90 Å². The van der Waals surface area contributed by atoms with Crippen LogP contribution in [0.2, 0.25) is 0 Å². The van der Waals surface area contributed by atoms with Crippen molar-refractivity contribution in [3.8, 4) is 5.75 Å². The van der Waals surface area contributed by atoms with Crippen LogP contribution in [-0.4, -0.2) is 36.4 Å². The second-order valence-electron chi connectivity index (χ2n) is 4.32. The normalized spacial score (nSPS) is 20.4. The van der Waals surface area contributed by atoms with Gasteiger partial charge >= 0.3 is 0 Å². The van der Waals surface area contributed by atoms with E-state index in [1.165, 1.54) is 0 Å². The molecule has 1 fully saturated rings. The summed E-state index contributed by atoms with van der Waals surface area (Å²) in [5, 5.41) is 15.4. The number of aliphatic hydroxyl groups is 1. The van der Waals surface area contributed by atoms with Gasteiger partial charge in [0.15, 0.2) is 6.61 Å². The molecule has 18 heavy (non-hydrogen) atoms. The first kappa shape index (κ1) is 12.9. The van der Waals surface area contributed by atoms with Crippen LogP contribution in [0.4, 0.5) is 0 Å². The fourth-order valence-corrected chi connectivity index (χ4v) is 1.95. The highest BCUT2D eigenvalue weighted by molar-refractivity contribution is 5.77. The summed E-state index contributed by atoms with van der Waals surface area (Å²) in [6.45, 7) is 0.798. The van der Waals surface area contributed by atoms with Crippen molar-refractivity contribution in [1.82, 2.24) is 10.6 Å². The van der Waals surface area contributed by atoms with Crippen LogP contribution in [0.1, 0.15) is 12.8 Å². The first-order valence-corrected chi connectivity index (χ1v) is 6.14. The highest BCUT2D eigenvalue weighted by Crippen LogP contribution is 2.09. The first-order valence-electron chi connectivity index (χ1n) is 6.14. The van der Waals surface area contributed by atoms with E-state index in [2.05, 4.69) is 10.6 Å². The lowest BCUT2D eigenvalue weighted by atomic mass is 10.2. The third-order valence-corrected chi connectivity index (χ3v) is 2.90. The van der Waals surface area contributed by atoms with Crippen LogP contribution in [0, 0.1) is 0 Å². The molecule has 2 unspecified atom stereocenters. The molecule has 0 spiro atoms. The monoisotopic (exact) mass is 250 g/mol. The third-order valence-electron chi connectivity index (χ3n) is 2.90. The molecule has 3 N–H and O–H groups in total. The maximum absolute atomic E-state index is 11.6. The molecule has 1 saturated heterocycles. The number of para-hydroxylation sites is 1. The van der Waals surface area contributed by atoms with Crippen molar-refractivity contribution in [2.24, 2.45) is 0 Å². The summed E-state index contributed by atoms with van der Waals surface area (Å²) in [4.78, 5) is 11.6. The minimum absolute atomic E-state index is 0.0503. The Hall–Kier alpha value is -1.59. The van der Waals surface area contributed by atoms with E-state index in [1.807, 2.05) is 18.2 Å². The van der Waals surface area contributed by atoms with Crippen molar-refractivity contribution in [2.75, 3.05) is 13.2 Å². The molecule has 5 heteroatoms. The molecular weight excluding hydrogens is 232 g/mol. The van der Waals surface area contributed by atoms with Crippen molar-refractivity contribution in [1.29, 1.82) is 0 Å².